The molecule has 0 unspecified atom stereocenters. The Bertz CT molecular complexity index is 889. The molecule has 2 aliphatic heterocycles. The summed E-state index contributed by atoms with van der Waals surface area (Å²) in [4.78, 5) is 29.0. The van der Waals surface area contributed by atoms with Crippen molar-refractivity contribution in [1.82, 2.24) is 15.1 Å². The van der Waals surface area contributed by atoms with Gasteiger partial charge in [-0.1, -0.05) is 48.0 Å². The smallest absolute Gasteiger partial charge is 0.323 e. The lowest BCUT2D eigenvalue weighted by Crippen LogP contribution is -2.54. The second-order valence-corrected chi connectivity index (χ2v) is 7.76. The molecule has 0 atom stereocenters. The van der Waals surface area contributed by atoms with Crippen LogP contribution in [0.5, 0.6) is 0 Å². The van der Waals surface area contributed by atoms with Crippen molar-refractivity contribution in [3.05, 3.63) is 71.0 Å². The third-order valence-electron chi connectivity index (χ3n) is 5.77. The maximum atomic E-state index is 13.9. The first-order valence-electron chi connectivity index (χ1n) is 9.62. The molecule has 2 fully saturated rings. The summed E-state index contributed by atoms with van der Waals surface area (Å²) in [6.45, 7) is 4.07. The molecule has 3 amide bonds. The summed E-state index contributed by atoms with van der Waals surface area (Å²) in [5, 5.41) is 2.93. The molecule has 2 heterocycles. The number of benzene rings is 2. The molecule has 28 heavy (non-hydrogen) atoms. The summed E-state index contributed by atoms with van der Waals surface area (Å²) in [6.07, 6.45) is 1.08. The number of piperidine rings is 1. The lowest BCUT2D eigenvalue weighted by molar-refractivity contribution is -0.133. The van der Waals surface area contributed by atoms with E-state index in [9.17, 15) is 14.0 Å². The van der Waals surface area contributed by atoms with Gasteiger partial charge in [-0.25, -0.2) is 9.18 Å². The minimum absolute atomic E-state index is 0.149. The minimum atomic E-state index is -0.826. The fraction of sp³-hybridized carbons (Fsp3) is 0.364. The van der Waals surface area contributed by atoms with Crippen LogP contribution in [-0.4, -0.2) is 40.4 Å². The van der Waals surface area contributed by atoms with Gasteiger partial charge in [0.1, 0.15) is 11.4 Å². The van der Waals surface area contributed by atoms with Crippen molar-refractivity contribution < 1.29 is 14.0 Å². The third-order valence-corrected chi connectivity index (χ3v) is 5.77. The third kappa shape index (κ3) is 3.52. The average Bonchev–Trinajstić information content (AvgIpc) is 2.91. The van der Waals surface area contributed by atoms with Crippen LogP contribution in [0.4, 0.5) is 9.18 Å². The van der Waals surface area contributed by atoms with E-state index < -0.39 is 5.54 Å². The summed E-state index contributed by atoms with van der Waals surface area (Å²) in [5.74, 6) is -0.360. The Hall–Kier alpha value is -2.73. The van der Waals surface area contributed by atoms with Crippen molar-refractivity contribution in [1.29, 1.82) is 0 Å². The highest BCUT2D eigenvalue weighted by Crippen LogP contribution is 2.31. The Kier molecular flexibility index (Phi) is 4.89. The Balaban J connectivity index is 1.41. The molecule has 2 aliphatic rings. The van der Waals surface area contributed by atoms with E-state index in [2.05, 4.69) is 10.2 Å². The van der Waals surface area contributed by atoms with Crippen LogP contribution in [0.15, 0.2) is 48.5 Å². The van der Waals surface area contributed by atoms with Crippen LogP contribution in [-0.2, 0) is 17.9 Å². The standard InChI is InChI=1S/C22H24FN3O2/c1-16-6-8-17(9-7-16)14-26-20(27)22(24-21(26)28)10-12-25(13-11-22)15-18-4-2-3-5-19(18)23/h2-9H,10-15H2,1H3,(H,24,28). The highest BCUT2D eigenvalue weighted by atomic mass is 19.1. The van der Waals surface area contributed by atoms with Crippen LogP contribution in [0.25, 0.3) is 0 Å². The molecule has 4 rings (SSSR count). The van der Waals surface area contributed by atoms with Crippen molar-refractivity contribution in [2.24, 2.45) is 0 Å². The minimum Gasteiger partial charge on any atom is -0.323 e. The molecule has 0 aliphatic carbocycles. The first-order valence-corrected chi connectivity index (χ1v) is 9.62. The Morgan fingerprint density at radius 2 is 1.68 bits per heavy atom. The first kappa shape index (κ1) is 18.6. The van der Waals surface area contributed by atoms with E-state index in [-0.39, 0.29) is 24.3 Å². The molecule has 0 aromatic heterocycles. The Morgan fingerprint density at radius 3 is 2.36 bits per heavy atom. The van der Waals surface area contributed by atoms with Gasteiger partial charge in [-0.05, 0) is 31.4 Å². The number of imide groups is 1. The van der Waals surface area contributed by atoms with Gasteiger partial charge < -0.3 is 5.32 Å². The molecule has 0 radical (unpaired) electrons. The van der Waals surface area contributed by atoms with Gasteiger partial charge in [-0.3, -0.25) is 14.6 Å². The van der Waals surface area contributed by atoms with Gasteiger partial charge >= 0.3 is 6.03 Å². The number of rotatable bonds is 4. The maximum absolute atomic E-state index is 13.9. The van der Waals surface area contributed by atoms with Crippen molar-refractivity contribution >= 4 is 11.9 Å². The van der Waals surface area contributed by atoms with E-state index in [4.69, 9.17) is 0 Å². The number of amides is 3. The molecular weight excluding hydrogens is 357 g/mol. The second-order valence-electron chi connectivity index (χ2n) is 7.76. The summed E-state index contributed by atoms with van der Waals surface area (Å²) in [7, 11) is 0. The normalized spacial score (nSPS) is 19.3. The molecule has 2 aromatic rings. The van der Waals surface area contributed by atoms with Gasteiger partial charge in [-0.2, -0.15) is 0 Å². The van der Waals surface area contributed by atoms with Gasteiger partial charge in [0.05, 0.1) is 6.54 Å². The highest BCUT2D eigenvalue weighted by molar-refractivity contribution is 6.07. The quantitative estimate of drug-likeness (QED) is 0.828. The first-order chi connectivity index (χ1) is 13.5. The van der Waals surface area contributed by atoms with E-state index in [1.807, 2.05) is 37.3 Å². The summed E-state index contributed by atoms with van der Waals surface area (Å²) < 4.78 is 13.9. The number of likely N-dealkylation sites (tertiary alicyclic amines) is 1. The number of halogens is 1. The van der Waals surface area contributed by atoms with Crippen LogP contribution < -0.4 is 5.32 Å². The zero-order chi connectivity index (χ0) is 19.7. The lowest BCUT2D eigenvalue weighted by atomic mass is 9.87. The molecule has 2 aromatic carbocycles. The number of carbonyl (C=O) groups excluding carboxylic acids is 2. The molecule has 1 spiro atoms. The van der Waals surface area contributed by atoms with Crippen LogP contribution in [0, 0.1) is 12.7 Å². The summed E-state index contributed by atoms with van der Waals surface area (Å²) >= 11 is 0. The number of carbonyl (C=O) groups is 2. The fourth-order valence-electron chi connectivity index (χ4n) is 4.00. The zero-order valence-electron chi connectivity index (χ0n) is 16.0. The van der Waals surface area contributed by atoms with E-state index >= 15 is 0 Å². The molecule has 146 valence electrons. The number of hydrogen-bond donors (Lipinski definition) is 1. The zero-order valence-corrected chi connectivity index (χ0v) is 16.0. The fourth-order valence-corrected chi connectivity index (χ4v) is 4.00. The molecule has 2 saturated heterocycles. The molecule has 0 bridgehead atoms. The molecule has 1 N–H and O–H groups in total. The Morgan fingerprint density at radius 1 is 1.00 bits per heavy atom. The van der Waals surface area contributed by atoms with E-state index in [0.717, 1.165) is 11.1 Å². The number of urea groups is 1. The largest absolute Gasteiger partial charge is 0.325 e. The van der Waals surface area contributed by atoms with E-state index in [1.165, 1.54) is 11.0 Å². The molecule has 6 heteroatoms. The number of nitrogens with one attached hydrogen (secondary N) is 1. The topological polar surface area (TPSA) is 52.7 Å². The number of nitrogens with zero attached hydrogens (tertiary/aromatic N) is 2. The molecule has 0 saturated carbocycles. The van der Waals surface area contributed by atoms with Gasteiger partial charge in [0.25, 0.3) is 5.91 Å². The number of hydrogen-bond acceptors (Lipinski definition) is 3. The van der Waals surface area contributed by atoms with Crippen molar-refractivity contribution in [3.63, 3.8) is 0 Å². The SMILES string of the molecule is Cc1ccc(CN2C(=O)NC3(CCN(Cc4ccccc4F)CC3)C2=O)cc1. The van der Waals surface area contributed by atoms with Crippen molar-refractivity contribution in [2.45, 2.75) is 38.4 Å². The maximum Gasteiger partial charge on any atom is 0.325 e. The van der Waals surface area contributed by atoms with Gasteiger partial charge in [0.15, 0.2) is 0 Å². The Labute approximate surface area is 164 Å². The average molecular weight is 381 g/mol. The summed E-state index contributed by atoms with van der Waals surface area (Å²) in [6, 6.07) is 14.3. The predicted octanol–water partition coefficient (Wildman–Crippen LogP) is 3.22. The van der Waals surface area contributed by atoms with Gasteiger partial charge in [0.2, 0.25) is 0 Å². The van der Waals surface area contributed by atoms with E-state index in [0.29, 0.717) is 38.0 Å². The van der Waals surface area contributed by atoms with Crippen LogP contribution in [0.1, 0.15) is 29.5 Å². The van der Waals surface area contributed by atoms with Gasteiger partial charge in [0, 0.05) is 25.2 Å². The predicted molar refractivity (Wildman–Crippen MR) is 104 cm³/mol. The molecule has 5 nitrogen and oxygen atoms in total. The van der Waals surface area contributed by atoms with Crippen molar-refractivity contribution in [3.8, 4) is 0 Å². The van der Waals surface area contributed by atoms with Gasteiger partial charge in [-0.15, -0.1) is 0 Å². The molecular formula is C22H24FN3O2. The second kappa shape index (κ2) is 7.36. The van der Waals surface area contributed by atoms with Crippen LogP contribution >= 0.6 is 0 Å². The van der Waals surface area contributed by atoms with Crippen molar-refractivity contribution in [2.75, 3.05) is 13.1 Å². The van der Waals surface area contributed by atoms with Crippen LogP contribution in [0.3, 0.4) is 0 Å². The lowest BCUT2D eigenvalue weighted by Gasteiger charge is -2.37. The summed E-state index contributed by atoms with van der Waals surface area (Å²) in [5.41, 5.74) is 1.90. The van der Waals surface area contributed by atoms with E-state index in [1.54, 1.807) is 12.1 Å². The monoisotopic (exact) mass is 381 g/mol. The number of aryl methyl sites for hydroxylation is 1. The van der Waals surface area contributed by atoms with Crippen LogP contribution in [0.2, 0.25) is 0 Å². The highest BCUT2D eigenvalue weighted by Gasteiger charge is 2.52.